The summed E-state index contributed by atoms with van der Waals surface area (Å²) in [7, 11) is 4.75. The quantitative estimate of drug-likeness (QED) is 0.367. The van der Waals surface area contributed by atoms with Crippen molar-refractivity contribution in [2.45, 2.75) is 114 Å². The number of benzene rings is 1. The van der Waals surface area contributed by atoms with E-state index < -0.39 is 0 Å². The summed E-state index contributed by atoms with van der Waals surface area (Å²) in [6.45, 7) is 4.99. The van der Waals surface area contributed by atoms with Gasteiger partial charge in [-0.1, -0.05) is 97.0 Å². The molecule has 1 nitrogen and oxygen atoms in total. The lowest BCUT2D eigenvalue weighted by Gasteiger charge is -2.48. The zero-order chi connectivity index (χ0) is 20.6. The topological polar surface area (TPSA) is 3.24 Å². The summed E-state index contributed by atoms with van der Waals surface area (Å²) in [6.07, 6.45) is 17.8. The zero-order valence-electron chi connectivity index (χ0n) is 19.7. The molecule has 0 saturated heterocycles. The Morgan fingerprint density at radius 3 is 1.72 bits per heavy atom. The average molecular weight is 416 g/mol. The molecule has 2 unspecified atom stereocenters. The second kappa shape index (κ2) is 11.9. The summed E-state index contributed by atoms with van der Waals surface area (Å²) in [5, 5.41) is 0. The van der Waals surface area contributed by atoms with Crippen LogP contribution in [0.4, 0.5) is 0 Å². The number of rotatable bonds is 9. The van der Waals surface area contributed by atoms with Crippen molar-refractivity contribution < 1.29 is 0 Å². The molecule has 164 valence electrons. The van der Waals surface area contributed by atoms with Crippen molar-refractivity contribution in [1.29, 1.82) is 0 Å². The highest BCUT2D eigenvalue weighted by Crippen LogP contribution is 2.63. The van der Waals surface area contributed by atoms with Crippen molar-refractivity contribution in [2.75, 3.05) is 14.1 Å². The first-order valence-electron chi connectivity index (χ1n) is 12.7. The molecule has 0 aromatic heterocycles. The summed E-state index contributed by atoms with van der Waals surface area (Å²) in [4.78, 5) is 2.53. The van der Waals surface area contributed by atoms with Gasteiger partial charge in [0.05, 0.1) is 0 Å². The third-order valence-electron chi connectivity index (χ3n) is 7.86. The molecule has 1 aromatic carbocycles. The largest absolute Gasteiger partial charge is 0.302 e. The van der Waals surface area contributed by atoms with Crippen LogP contribution in [0.1, 0.15) is 103 Å². The Morgan fingerprint density at radius 2 is 1.31 bits per heavy atom. The van der Waals surface area contributed by atoms with Gasteiger partial charge in [-0.2, -0.15) is 0 Å². The van der Waals surface area contributed by atoms with Gasteiger partial charge in [0.1, 0.15) is 0 Å². The Morgan fingerprint density at radius 1 is 0.793 bits per heavy atom. The van der Waals surface area contributed by atoms with Crippen LogP contribution in [0.25, 0.3) is 0 Å². The molecular formula is C27H46NP. The van der Waals surface area contributed by atoms with Crippen molar-refractivity contribution >= 4 is 7.92 Å². The highest BCUT2D eigenvalue weighted by molar-refractivity contribution is 7.60. The van der Waals surface area contributed by atoms with E-state index in [1.54, 1.807) is 0 Å². The molecule has 0 amide bonds. The van der Waals surface area contributed by atoms with Crippen molar-refractivity contribution in [3.8, 4) is 0 Å². The van der Waals surface area contributed by atoms with Gasteiger partial charge < -0.3 is 4.90 Å². The van der Waals surface area contributed by atoms with E-state index in [1.165, 1.54) is 82.6 Å². The van der Waals surface area contributed by atoms with Gasteiger partial charge in [0, 0.05) is 6.04 Å². The molecule has 0 bridgehead atoms. The lowest BCUT2D eigenvalue weighted by atomic mass is 9.86. The van der Waals surface area contributed by atoms with Crippen LogP contribution in [0.15, 0.2) is 30.3 Å². The first-order chi connectivity index (χ1) is 14.2. The molecule has 2 aliphatic carbocycles. The number of nitrogens with zero attached hydrogens (tertiary/aromatic N) is 1. The van der Waals surface area contributed by atoms with E-state index in [1.807, 2.05) is 0 Å². The molecular weight excluding hydrogens is 369 g/mol. The number of hydrogen-bond donors (Lipinski definition) is 0. The monoisotopic (exact) mass is 415 g/mol. The van der Waals surface area contributed by atoms with Gasteiger partial charge in [-0.15, -0.1) is 0 Å². The lowest BCUT2D eigenvalue weighted by Crippen LogP contribution is -2.37. The third-order valence-corrected chi connectivity index (χ3v) is 12.1. The maximum atomic E-state index is 2.53. The fourth-order valence-electron chi connectivity index (χ4n) is 6.62. The molecule has 3 atom stereocenters. The molecule has 2 heteroatoms. The molecule has 29 heavy (non-hydrogen) atoms. The van der Waals surface area contributed by atoms with Gasteiger partial charge in [-0.3, -0.25) is 0 Å². The minimum absolute atomic E-state index is 0.120. The van der Waals surface area contributed by atoms with Gasteiger partial charge >= 0.3 is 0 Å². The lowest BCUT2D eigenvalue weighted by molar-refractivity contribution is 0.198. The highest BCUT2D eigenvalue weighted by atomic mass is 31.1. The summed E-state index contributed by atoms with van der Waals surface area (Å²) < 4.78 is 0. The summed E-state index contributed by atoms with van der Waals surface area (Å²) in [6, 6.07) is 12.0. The van der Waals surface area contributed by atoms with Crippen molar-refractivity contribution in [1.82, 2.24) is 4.90 Å². The molecule has 0 spiro atoms. The first kappa shape index (κ1) is 23.3. The fourth-order valence-corrected chi connectivity index (χ4v) is 11.5. The molecule has 2 fully saturated rings. The van der Waals surface area contributed by atoms with E-state index in [4.69, 9.17) is 0 Å². The van der Waals surface area contributed by atoms with Gasteiger partial charge in [0.25, 0.3) is 0 Å². The number of hydrogen-bond acceptors (Lipinski definition) is 1. The minimum atomic E-state index is 0.120. The van der Waals surface area contributed by atoms with E-state index >= 15 is 0 Å². The molecule has 1 aromatic rings. The van der Waals surface area contributed by atoms with Gasteiger partial charge in [0.2, 0.25) is 0 Å². The van der Waals surface area contributed by atoms with Crippen LogP contribution in [0.5, 0.6) is 0 Å². The Labute approximate surface area is 182 Å². The predicted octanol–water partition coefficient (Wildman–Crippen LogP) is 8.24. The van der Waals surface area contributed by atoms with Crippen LogP contribution in [-0.2, 0) is 0 Å². The van der Waals surface area contributed by atoms with Gasteiger partial charge in [-0.05, 0) is 74.7 Å². The average Bonchev–Trinajstić information content (AvgIpc) is 2.77. The Hall–Kier alpha value is -0.390. The summed E-state index contributed by atoms with van der Waals surface area (Å²) in [5.41, 5.74) is 4.57. The second-order valence-corrected chi connectivity index (χ2v) is 12.9. The molecule has 3 rings (SSSR count). The maximum absolute atomic E-state index is 2.53. The molecule has 0 radical (unpaired) electrons. The fraction of sp³-hybridized carbons (Fsp3) is 0.778. The molecule has 0 aliphatic heterocycles. The van der Waals surface area contributed by atoms with Gasteiger partial charge in [0.15, 0.2) is 0 Å². The maximum Gasteiger partial charge on any atom is 0.0376 e. The Bertz CT molecular complexity index is 541. The van der Waals surface area contributed by atoms with Crippen LogP contribution in [0.3, 0.4) is 0 Å². The van der Waals surface area contributed by atoms with E-state index in [9.17, 15) is 0 Å². The first-order valence-corrected chi connectivity index (χ1v) is 14.2. The van der Waals surface area contributed by atoms with E-state index in [2.05, 4.69) is 63.2 Å². The zero-order valence-corrected chi connectivity index (χ0v) is 20.5. The van der Waals surface area contributed by atoms with Crippen molar-refractivity contribution in [3.05, 3.63) is 35.9 Å². The minimum Gasteiger partial charge on any atom is -0.302 e. The Balaban J connectivity index is 1.93. The molecule has 0 N–H and O–H groups in total. The highest BCUT2D eigenvalue weighted by Gasteiger charge is 2.41. The standard InChI is InChI=1S/C27H46NP/c1-5-25(27(28(3)4)22-16-10-7-11-17-22)26(6-2)29(23-18-12-8-13-19-23)24-20-14-9-15-21-24/h7,10-11,16-17,23-27H,5-6,8-9,12-15,18-21H2,1-4H3/t25?,26?,27-/m1/s1. The van der Waals surface area contributed by atoms with Crippen LogP contribution in [0.2, 0.25) is 0 Å². The summed E-state index contributed by atoms with van der Waals surface area (Å²) in [5.74, 6) is 0.785. The van der Waals surface area contributed by atoms with Crippen LogP contribution in [0, 0.1) is 5.92 Å². The normalized spacial score (nSPS) is 22.7. The molecule has 0 heterocycles. The smallest absolute Gasteiger partial charge is 0.0376 e. The molecule has 2 aliphatic rings. The Kier molecular flexibility index (Phi) is 9.52. The van der Waals surface area contributed by atoms with Gasteiger partial charge in [-0.25, -0.2) is 0 Å². The van der Waals surface area contributed by atoms with E-state index in [0.717, 1.165) is 22.9 Å². The van der Waals surface area contributed by atoms with Crippen molar-refractivity contribution in [2.24, 2.45) is 5.92 Å². The van der Waals surface area contributed by atoms with Crippen LogP contribution >= 0.6 is 7.92 Å². The van der Waals surface area contributed by atoms with Crippen LogP contribution in [-0.4, -0.2) is 36.0 Å². The molecule has 2 saturated carbocycles. The summed E-state index contributed by atoms with van der Waals surface area (Å²) >= 11 is 0. The third kappa shape index (κ3) is 5.86. The second-order valence-electron chi connectivity index (χ2n) is 9.90. The van der Waals surface area contributed by atoms with E-state index in [0.29, 0.717) is 6.04 Å². The van der Waals surface area contributed by atoms with Crippen LogP contribution < -0.4 is 0 Å². The van der Waals surface area contributed by atoms with E-state index in [-0.39, 0.29) is 7.92 Å². The van der Waals surface area contributed by atoms with Crippen molar-refractivity contribution in [3.63, 3.8) is 0 Å². The predicted molar refractivity (Wildman–Crippen MR) is 131 cm³/mol. The SMILES string of the molecule is CCC(C(CC)P(C1CCCCC1)C1CCCCC1)[C@@H](c1ccccc1)N(C)C.